The Bertz CT molecular complexity index is 280. The van der Waals surface area contributed by atoms with Crippen molar-refractivity contribution >= 4 is 5.78 Å². The molecule has 66 valence electrons. The number of nitrogens with zero attached hydrogens (tertiary/aromatic N) is 3. The molecule has 4 heteroatoms. The number of hydrogen-bond donors (Lipinski definition) is 0. The Labute approximate surface area is 71.6 Å². The maximum Gasteiger partial charge on any atom is 0.130 e. The van der Waals surface area contributed by atoms with Gasteiger partial charge in [0.1, 0.15) is 5.78 Å². The number of aromatic nitrogens is 3. The van der Waals surface area contributed by atoms with Crippen LogP contribution in [0.15, 0.2) is 6.20 Å². The van der Waals surface area contributed by atoms with E-state index in [1.807, 2.05) is 14.0 Å². The molecule has 1 aromatic heterocycles. The van der Waals surface area contributed by atoms with Gasteiger partial charge in [-0.15, -0.1) is 5.10 Å². The van der Waals surface area contributed by atoms with Crippen LogP contribution in [0.5, 0.6) is 0 Å². The average molecular weight is 167 g/mol. The predicted molar refractivity (Wildman–Crippen MR) is 44.7 cm³/mol. The van der Waals surface area contributed by atoms with Gasteiger partial charge in [0.05, 0.1) is 11.9 Å². The van der Waals surface area contributed by atoms with E-state index in [2.05, 4.69) is 10.3 Å². The molecule has 0 aliphatic rings. The molecule has 1 rings (SSSR count). The number of hydrogen-bond acceptors (Lipinski definition) is 3. The molecule has 0 fully saturated rings. The summed E-state index contributed by atoms with van der Waals surface area (Å²) in [5.41, 5.74) is 1.00. The molecule has 1 unspecified atom stereocenters. The van der Waals surface area contributed by atoms with Gasteiger partial charge < -0.3 is 4.79 Å². The zero-order valence-corrected chi connectivity index (χ0v) is 7.61. The first-order chi connectivity index (χ1) is 5.61. The molecule has 0 bridgehead atoms. The molecule has 1 aromatic rings. The summed E-state index contributed by atoms with van der Waals surface area (Å²) in [4.78, 5) is 10.8. The fourth-order valence-corrected chi connectivity index (χ4v) is 1.28. The molecule has 0 aromatic carbocycles. The van der Waals surface area contributed by atoms with Crippen LogP contribution in [0.25, 0.3) is 0 Å². The van der Waals surface area contributed by atoms with Gasteiger partial charge in [0.2, 0.25) is 0 Å². The van der Waals surface area contributed by atoms with Crippen molar-refractivity contribution in [2.75, 3.05) is 0 Å². The van der Waals surface area contributed by atoms with E-state index in [-0.39, 0.29) is 11.7 Å². The van der Waals surface area contributed by atoms with Crippen molar-refractivity contribution in [1.29, 1.82) is 0 Å². The van der Waals surface area contributed by atoms with Crippen LogP contribution in [0, 0.1) is 0 Å². The Morgan fingerprint density at radius 1 is 1.75 bits per heavy atom. The molecule has 0 spiro atoms. The van der Waals surface area contributed by atoms with Gasteiger partial charge in [-0.25, -0.2) is 0 Å². The van der Waals surface area contributed by atoms with Crippen LogP contribution < -0.4 is 0 Å². The third-order valence-electron chi connectivity index (χ3n) is 1.85. The van der Waals surface area contributed by atoms with Crippen molar-refractivity contribution in [3.8, 4) is 0 Å². The maximum absolute atomic E-state index is 10.8. The second kappa shape index (κ2) is 3.47. The van der Waals surface area contributed by atoms with Crippen LogP contribution in [-0.4, -0.2) is 20.8 Å². The SMILES string of the molecule is CC(=O)CC(C)c1cnnn1C. The second-order valence-electron chi connectivity index (χ2n) is 3.09. The third kappa shape index (κ3) is 1.90. The van der Waals surface area contributed by atoms with Crippen molar-refractivity contribution in [1.82, 2.24) is 15.0 Å². The number of aryl methyl sites for hydroxylation is 1. The average Bonchev–Trinajstić information content (AvgIpc) is 2.33. The van der Waals surface area contributed by atoms with E-state index in [0.717, 1.165) is 5.69 Å². The monoisotopic (exact) mass is 167 g/mol. The van der Waals surface area contributed by atoms with E-state index < -0.39 is 0 Å². The predicted octanol–water partition coefficient (Wildman–Crippen LogP) is 0.898. The topological polar surface area (TPSA) is 47.8 Å². The van der Waals surface area contributed by atoms with E-state index in [1.54, 1.807) is 17.8 Å². The zero-order valence-electron chi connectivity index (χ0n) is 7.61. The van der Waals surface area contributed by atoms with Crippen LogP contribution in [0.4, 0.5) is 0 Å². The van der Waals surface area contributed by atoms with E-state index in [0.29, 0.717) is 6.42 Å². The summed E-state index contributed by atoms with van der Waals surface area (Å²) in [6, 6.07) is 0. The summed E-state index contributed by atoms with van der Waals surface area (Å²) >= 11 is 0. The Morgan fingerprint density at radius 3 is 2.83 bits per heavy atom. The first-order valence-electron chi connectivity index (χ1n) is 3.95. The minimum atomic E-state index is 0.198. The van der Waals surface area contributed by atoms with Gasteiger partial charge in [0.15, 0.2) is 0 Å². The number of Topliss-reactive ketones (excluding diaryl/α,β-unsaturated/α-hetero) is 1. The summed E-state index contributed by atoms with van der Waals surface area (Å²) in [5.74, 6) is 0.409. The van der Waals surface area contributed by atoms with Gasteiger partial charge in [-0.1, -0.05) is 12.1 Å². The standard InChI is InChI=1S/C8H13N3O/c1-6(4-7(2)12)8-5-9-10-11(8)3/h5-6H,4H2,1-3H3. The molecule has 0 radical (unpaired) electrons. The molecule has 0 saturated carbocycles. The Hall–Kier alpha value is -1.19. The minimum absolute atomic E-state index is 0.198. The lowest BCUT2D eigenvalue weighted by molar-refractivity contribution is -0.117. The van der Waals surface area contributed by atoms with E-state index in [9.17, 15) is 4.79 Å². The first-order valence-corrected chi connectivity index (χ1v) is 3.95. The lowest BCUT2D eigenvalue weighted by Crippen LogP contribution is -2.06. The van der Waals surface area contributed by atoms with Crippen molar-refractivity contribution in [2.45, 2.75) is 26.2 Å². The highest BCUT2D eigenvalue weighted by molar-refractivity contribution is 5.76. The molecule has 0 aliphatic heterocycles. The van der Waals surface area contributed by atoms with Crippen LogP contribution in [0.2, 0.25) is 0 Å². The molecule has 12 heavy (non-hydrogen) atoms. The molecule has 0 amide bonds. The molecule has 1 atom stereocenters. The highest BCUT2D eigenvalue weighted by atomic mass is 16.1. The number of rotatable bonds is 3. The quantitative estimate of drug-likeness (QED) is 0.672. The molecular formula is C8H13N3O. The smallest absolute Gasteiger partial charge is 0.130 e. The lowest BCUT2D eigenvalue weighted by atomic mass is 10.0. The molecule has 1 heterocycles. The highest BCUT2D eigenvalue weighted by Gasteiger charge is 2.11. The van der Waals surface area contributed by atoms with E-state index >= 15 is 0 Å². The Morgan fingerprint density at radius 2 is 2.42 bits per heavy atom. The van der Waals surface area contributed by atoms with Gasteiger partial charge >= 0.3 is 0 Å². The van der Waals surface area contributed by atoms with Crippen LogP contribution in [-0.2, 0) is 11.8 Å². The van der Waals surface area contributed by atoms with Crippen molar-refractivity contribution in [3.05, 3.63) is 11.9 Å². The third-order valence-corrected chi connectivity index (χ3v) is 1.85. The van der Waals surface area contributed by atoms with Crippen LogP contribution in [0.1, 0.15) is 31.9 Å². The van der Waals surface area contributed by atoms with E-state index in [4.69, 9.17) is 0 Å². The van der Waals surface area contributed by atoms with Gasteiger partial charge in [0, 0.05) is 19.4 Å². The first kappa shape index (κ1) is 8.90. The van der Waals surface area contributed by atoms with Gasteiger partial charge in [-0.05, 0) is 6.92 Å². The maximum atomic E-state index is 10.8. The molecule has 4 nitrogen and oxygen atoms in total. The molecule has 0 saturated heterocycles. The summed E-state index contributed by atoms with van der Waals surface area (Å²) in [6.07, 6.45) is 2.26. The van der Waals surface area contributed by atoms with Gasteiger partial charge in [-0.2, -0.15) is 0 Å². The second-order valence-corrected chi connectivity index (χ2v) is 3.09. The zero-order chi connectivity index (χ0) is 9.14. The summed E-state index contributed by atoms with van der Waals surface area (Å²) in [7, 11) is 1.83. The van der Waals surface area contributed by atoms with Crippen LogP contribution >= 0.6 is 0 Å². The van der Waals surface area contributed by atoms with Crippen LogP contribution in [0.3, 0.4) is 0 Å². The minimum Gasteiger partial charge on any atom is -0.300 e. The Balaban J connectivity index is 2.71. The Kier molecular flexibility index (Phi) is 2.58. The number of carbonyl (C=O) groups is 1. The number of carbonyl (C=O) groups excluding carboxylic acids is 1. The fourth-order valence-electron chi connectivity index (χ4n) is 1.28. The number of ketones is 1. The summed E-state index contributed by atoms with van der Waals surface area (Å²) in [6.45, 7) is 3.60. The molecular weight excluding hydrogens is 154 g/mol. The largest absolute Gasteiger partial charge is 0.300 e. The molecule has 0 N–H and O–H groups in total. The normalized spacial score (nSPS) is 12.9. The lowest BCUT2D eigenvalue weighted by Gasteiger charge is -2.07. The van der Waals surface area contributed by atoms with Crippen molar-refractivity contribution < 1.29 is 4.79 Å². The highest BCUT2D eigenvalue weighted by Crippen LogP contribution is 2.16. The summed E-state index contributed by atoms with van der Waals surface area (Å²) < 4.78 is 1.70. The van der Waals surface area contributed by atoms with Crippen molar-refractivity contribution in [3.63, 3.8) is 0 Å². The van der Waals surface area contributed by atoms with Gasteiger partial charge in [-0.3, -0.25) is 4.68 Å². The fraction of sp³-hybridized carbons (Fsp3) is 0.625. The summed E-state index contributed by atoms with van der Waals surface area (Å²) in [5, 5.41) is 7.55. The van der Waals surface area contributed by atoms with Gasteiger partial charge in [0.25, 0.3) is 0 Å². The molecule has 0 aliphatic carbocycles. The van der Waals surface area contributed by atoms with E-state index in [1.165, 1.54) is 0 Å². The van der Waals surface area contributed by atoms with Crippen molar-refractivity contribution in [2.24, 2.45) is 7.05 Å².